The number of rotatable bonds is 3. The van der Waals surface area contributed by atoms with Gasteiger partial charge in [0.1, 0.15) is 5.65 Å². The van der Waals surface area contributed by atoms with Crippen LogP contribution in [0.1, 0.15) is 6.42 Å². The SMILES string of the molecule is O=C(O)[C@]12CCOC[C@H]1CN(S(=O)(=O)c1cnc3ccccn13)C2. The van der Waals surface area contributed by atoms with Crippen LogP contribution in [0.4, 0.5) is 0 Å². The molecule has 2 saturated heterocycles. The first-order valence-electron chi connectivity index (χ1n) is 7.68. The topological polar surface area (TPSA) is 101 Å². The van der Waals surface area contributed by atoms with Gasteiger partial charge in [0.05, 0.1) is 18.2 Å². The van der Waals surface area contributed by atoms with Crippen LogP contribution in [-0.2, 0) is 19.6 Å². The van der Waals surface area contributed by atoms with Crippen LogP contribution in [0.3, 0.4) is 0 Å². The molecule has 2 aliphatic rings. The summed E-state index contributed by atoms with van der Waals surface area (Å²) >= 11 is 0. The zero-order valence-electron chi connectivity index (χ0n) is 12.8. The van der Waals surface area contributed by atoms with Gasteiger partial charge in [0, 0.05) is 31.8 Å². The number of ether oxygens (including phenoxy) is 1. The maximum Gasteiger partial charge on any atom is 0.311 e. The molecule has 2 aliphatic heterocycles. The van der Waals surface area contributed by atoms with Crippen molar-refractivity contribution in [3.8, 4) is 0 Å². The van der Waals surface area contributed by atoms with Gasteiger partial charge in [0.2, 0.25) is 0 Å². The molecule has 8 nitrogen and oxygen atoms in total. The Kier molecular flexibility index (Phi) is 3.41. The molecule has 2 aromatic heterocycles. The summed E-state index contributed by atoms with van der Waals surface area (Å²) in [6, 6.07) is 5.22. The Bertz CT molecular complexity index is 909. The van der Waals surface area contributed by atoms with Gasteiger partial charge in [-0.1, -0.05) is 6.07 Å². The van der Waals surface area contributed by atoms with Crippen molar-refractivity contribution in [2.24, 2.45) is 11.3 Å². The van der Waals surface area contributed by atoms with E-state index in [0.717, 1.165) is 0 Å². The minimum Gasteiger partial charge on any atom is -0.481 e. The standard InChI is InChI=1S/C15H17N3O5S/c19-14(20)15-4-6-23-9-11(15)8-17(10-15)24(21,22)13-7-16-12-3-1-2-5-18(12)13/h1-3,5,7,11H,4,6,8-10H2,(H,19,20)/t11-,15+/m1/s1. The molecular weight excluding hydrogens is 334 g/mol. The van der Waals surface area contributed by atoms with E-state index in [-0.39, 0.29) is 30.6 Å². The molecule has 128 valence electrons. The number of nitrogens with zero attached hydrogens (tertiary/aromatic N) is 3. The number of carbonyl (C=O) groups is 1. The molecule has 0 unspecified atom stereocenters. The third kappa shape index (κ3) is 2.08. The lowest BCUT2D eigenvalue weighted by atomic mass is 9.74. The van der Waals surface area contributed by atoms with Crippen LogP contribution >= 0.6 is 0 Å². The Hall–Kier alpha value is -1.97. The van der Waals surface area contributed by atoms with E-state index in [1.807, 2.05) is 0 Å². The van der Waals surface area contributed by atoms with Gasteiger partial charge in [-0.25, -0.2) is 13.4 Å². The molecule has 24 heavy (non-hydrogen) atoms. The highest BCUT2D eigenvalue weighted by molar-refractivity contribution is 7.89. The number of sulfonamides is 1. The van der Waals surface area contributed by atoms with Gasteiger partial charge in [-0.15, -0.1) is 0 Å². The van der Waals surface area contributed by atoms with Gasteiger partial charge < -0.3 is 9.84 Å². The molecule has 1 N–H and O–H groups in total. The second-order valence-electron chi connectivity index (χ2n) is 6.31. The molecule has 0 spiro atoms. The zero-order chi connectivity index (χ0) is 16.9. The number of aliphatic carboxylic acids is 1. The van der Waals surface area contributed by atoms with Crippen LogP contribution in [0, 0.1) is 11.3 Å². The fraction of sp³-hybridized carbons (Fsp3) is 0.467. The fourth-order valence-corrected chi connectivity index (χ4v) is 5.30. The van der Waals surface area contributed by atoms with E-state index in [9.17, 15) is 18.3 Å². The van der Waals surface area contributed by atoms with Crippen molar-refractivity contribution in [3.63, 3.8) is 0 Å². The van der Waals surface area contributed by atoms with Gasteiger partial charge in [0.15, 0.2) is 5.03 Å². The highest BCUT2D eigenvalue weighted by Gasteiger charge is 2.56. The van der Waals surface area contributed by atoms with Crippen molar-refractivity contribution in [2.75, 3.05) is 26.3 Å². The monoisotopic (exact) mass is 351 g/mol. The summed E-state index contributed by atoms with van der Waals surface area (Å²) in [6.07, 6.45) is 3.27. The molecule has 2 aromatic rings. The van der Waals surface area contributed by atoms with E-state index in [1.54, 1.807) is 24.4 Å². The number of pyridine rings is 1. The van der Waals surface area contributed by atoms with E-state index < -0.39 is 21.4 Å². The van der Waals surface area contributed by atoms with E-state index >= 15 is 0 Å². The number of carboxylic acids is 1. The molecule has 0 radical (unpaired) electrons. The summed E-state index contributed by atoms with van der Waals surface area (Å²) in [5, 5.41) is 9.74. The Balaban J connectivity index is 1.75. The van der Waals surface area contributed by atoms with Crippen molar-refractivity contribution in [1.82, 2.24) is 13.7 Å². The molecule has 9 heteroatoms. The van der Waals surface area contributed by atoms with Crippen molar-refractivity contribution in [2.45, 2.75) is 11.4 Å². The molecule has 4 rings (SSSR count). The molecule has 0 bridgehead atoms. The van der Waals surface area contributed by atoms with Gasteiger partial charge in [-0.2, -0.15) is 4.31 Å². The Labute approximate surface area is 138 Å². The summed E-state index contributed by atoms with van der Waals surface area (Å²) < 4.78 is 34.2. The average molecular weight is 351 g/mol. The maximum atomic E-state index is 13.0. The molecule has 2 fully saturated rings. The fourth-order valence-electron chi connectivity index (χ4n) is 3.67. The smallest absolute Gasteiger partial charge is 0.311 e. The number of imidazole rings is 1. The Morgan fingerprint density at radius 3 is 3.00 bits per heavy atom. The van der Waals surface area contributed by atoms with Crippen molar-refractivity contribution < 1.29 is 23.1 Å². The number of aromatic nitrogens is 2. The van der Waals surface area contributed by atoms with Crippen LogP contribution in [0.2, 0.25) is 0 Å². The van der Waals surface area contributed by atoms with Crippen molar-refractivity contribution in [3.05, 3.63) is 30.6 Å². The molecular formula is C15H17N3O5S. The molecule has 0 aromatic carbocycles. The lowest BCUT2D eigenvalue weighted by molar-refractivity contribution is -0.157. The number of hydrogen-bond acceptors (Lipinski definition) is 5. The number of carboxylic acid groups (broad SMARTS) is 1. The summed E-state index contributed by atoms with van der Waals surface area (Å²) in [7, 11) is -3.84. The lowest BCUT2D eigenvalue weighted by Gasteiger charge is -2.34. The molecule has 0 saturated carbocycles. The highest BCUT2D eigenvalue weighted by atomic mass is 32.2. The zero-order valence-corrected chi connectivity index (χ0v) is 13.6. The van der Waals surface area contributed by atoms with Crippen molar-refractivity contribution >= 4 is 21.6 Å². The minimum atomic E-state index is -3.84. The number of fused-ring (bicyclic) bond motifs is 2. The van der Waals surface area contributed by atoms with E-state index in [1.165, 1.54) is 14.9 Å². The van der Waals surface area contributed by atoms with Crippen molar-refractivity contribution in [1.29, 1.82) is 0 Å². The Morgan fingerprint density at radius 2 is 2.25 bits per heavy atom. The summed E-state index contributed by atoms with van der Waals surface area (Å²) in [6.45, 7) is 0.727. The van der Waals surface area contributed by atoms with Crippen LogP contribution in [0.5, 0.6) is 0 Å². The number of hydrogen-bond donors (Lipinski definition) is 1. The van der Waals surface area contributed by atoms with Crippen LogP contribution in [0.25, 0.3) is 5.65 Å². The molecule has 4 heterocycles. The predicted molar refractivity (Wildman–Crippen MR) is 82.9 cm³/mol. The van der Waals surface area contributed by atoms with Crippen LogP contribution in [0.15, 0.2) is 35.6 Å². The largest absolute Gasteiger partial charge is 0.481 e. The second kappa shape index (κ2) is 5.27. The Morgan fingerprint density at radius 1 is 1.42 bits per heavy atom. The molecule has 0 aliphatic carbocycles. The van der Waals surface area contributed by atoms with Gasteiger partial charge in [0.25, 0.3) is 10.0 Å². The van der Waals surface area contributed by atoms with Gasteiger partial charge in [-0.05, 0) is 18.6 Å². The maximum absolute atomic E-state index is 13.0. The summed E-state index contributed by atoms with van der Waals surface area (Å²) in [4.78, 5) is 16.0. The molecule has 0 amide bonds. The van der Waals surface area contributed by atoms with Gasteiger partial charge >= 0.3 is 5.97 Å². The summed E-state index contributed by atoms with van der Waals surface area (Å²) in [5.74, 6) is -1.29. The highest BCUT2D eigenvalue weighted by Crippen LogP contribution is 2.44. The van der Waals surface area contributed by atoms with E-state index in [4.69, 9.17) is 4.74 Å². The lowest BCUT2D eigenvalue weighted by Crippen LogP contribution is -2.45. The van der Waals surface area contributed by atoms with Crippen LogP contribution in [-0.4, -0.2) is 59.5 Å². The minimum absolute atomic E-state index is 0.0290. The van der Waals surface area contributed by atoms with Gasteiger partial charge in [-0.3, -0.25) is 9.20 Å². The third-order valence-electron chi connectivity index (χ3n) is 5.09. The van der Waals surface area contributed by atoms with E-state index in [2.05, 4.69) is 4.98 Å². The average Bonchev–Trinajstić information content (AvgIpc) is 3.17. The second-order valence-corrected chi connectivity index (χ2v) is 8.19. The first-order chi connectivity index (χ1) is 11.4. The molecule has 2 atom stereocenters. The predicted octanol–water partition coefficient (Wildman–Crippen LogP) is 0.446. The third-order valence-corrected chi connectivity index (χ3v) is 6.88. The first-order valence-corrected chi connectivity index (χ1v) is 9.12. The normalized spacial score (nSPS) is 28.1. The first kappa shape index (κ1) is 15.6. The summed E-state index contributed by atoms with van der Waals surface area (Å²) in [5.41, 5.74) is -0.532. The van der Waals surface area contributed by atoms with Crippen LogP contribution < -0.4 is 0 Å². The quantitative estimate of drug-likeness (QED) is 0.861. The van der Waals surface area contributed by atoms with E-state index in [0.29, 0.717) is 18.7 Å².